The number of rotatable bonds is 2. The zero-order chi connectivity index (χ0) is 9.10. The van der Waals surface area contributed by atoms with Crippen LogP contribution < -0.4 is 5.32 Å². The SMILES string of the molecule is C[C@@H]1CC[C@H](Nc2ccccc2)C1. The summed E-state index contributed by atoms with van der Waals surface area (Å²) in [6, 6.07) is 11.2. The molecule has 0 spiro atoms. The summed E-state index contributed by atoms with van der Waals surface area (Å²) in [5, 5.41) is 3.57. The first kappa shape index (κ1) is 8.61. The molecule has 1 saturated carbocycles. The summed E-state index contributed by atoms with van der Waals surface area (Å²) < 4.78 is 0. The van der Waals surface area contributed by atoms with Gasteiger partial charge >= 0.3 is 0 Å². The maximum Gasteiger partial charge on any atom is 0.0342 e. The van der Waals surface area contributed by atoms with Gasteiger partial charge in [-0.15, -0.1) is 0 Å². The molecule has 0 radical (unpaired) electrons. The number of anilines is 1. The molecular weight excluding hydrogens is 158 g/mol. The van der Waals surface area contributed by atoms with E-state index < -0.39 is 0 Å². The Bertz CT molecular complexity index is 255. The zero-order valence-electron chi connectivity index (χ0n) is 8.16. The van der Waals surface area contributed by atoms with Crippen LogP contribution in [-0.2, 0) is 0 Å². The third-order valence-corrected chi connectivity index (χ3v) is 2.84. The van der Waals surface area contributed by atoms with E-state index in [0.29, 0.717) is 6.04 Å². The molecule has 70 valence electrons. The highest BCUT2D eigenvalue weighted by Gasteiger charge is 2.20. The van der Waals surface area contributed by atoms with Gasteiger partial charge in [-0.05, 0) is 37.3 Å². The number of hydrogen-bond donors (Lipinski definition) is 1. The average molecular weight is 175 g/mol. The molecule has 0 amide bonds. The molecule has 0 aliphatic heterocycles. The van der Waals surface area contributed by atoms with Crippen LogP contribution in [0.4, 0.5) is 5.69 Å². The maximum absolute atomic E-state index is 3.57. The van der Waals surface area contributed by atoms with Crippen molar-refractivity contribution in [1.82, 2.24) is 0 Å². The first-order chi connectivity index (χ1) is 6.34. The molecule has 1 aliphatic carbocycles. The van der Waals surface area contributed by atoms with Gasteiger partial charge in [0.05, 0.1) is 0 Å². The number of hydrogen-bond acceptors (Lipinski definition) is 1. The van der Waals surface area contributed by atoms with Crippen LogP contribution in [0.15, 0.2) is 30.3 Å². The number of nitrogens with one attached hydrogen (secondary N) is 1. The molecule has 1 nitrogen and oxygen atoms in total. The fourth-order valence-corrected chi connectivity index (χ4v) is 2.11. The Morgan fingerprint density at radius 3 is 2.54 bits per heavy atom. The van der Waals surface area contributed by atoms with Gasteiger partial charge in [-0.3, -0.25) is 0 Å². The van der Waals surface area contributed by atoms with E-state index in [-0.39, 0.29) is 0 Å². The molecule has 1 heteroatoms. The van der Waals surface area contributed by atoms with E-state index >= 15 is 0 Å². The van der Waals surface area contributed by atoms with Crippen molar-refractivity contribution in [1.29, 1.82) is 0 Å². The highest BCUT2D eigenvalue weighted by atomic mass is 14.9. The summed E-state index contributed by atoms with van der Waals surface area (Å²) in [5.74, 6) is 0.904. The zero-order valence-corrected chi connectivity index (χ0v) is 8.16. The Kier molecular flexibility index (Phi) is 2.53. The third kappa shape index (κ3) is 2.24. The van der Waals surface area contributed by atoms with E-state index in [1.54, 1.807) is 0 Å². The summed E-state index contributed by atoms with van der Waals surface area (Å²) >= 11 is 0. The van der Waals surface area contributed by atoms with Gasteiger partial charge in [-0.2, -0.15) is 0 Å². The van der Waals surface area contributed by atoms with Crippen molar-refractivity contribution in [2.24, 2.45) is 5.92 Å². The normalized spacial score (nSPS) is 27.5. The van der Waals surface area contributed by atoms with Crippen molar-refractivity contribution >= 4 is 5.69 Å². The van der Waals surface area contributed by atoms with Crippen LogP contribution in [0.5, 0.6) is 0 Å². The third-order valence-electron chi connectivity index (χ3n) is 2.84. The van der Waals surface area contributed by atoms with Gasteiger partial charge in [0.15, 0.2) is 0 Å². The highest BCUT2D eigenvalue weighted by Crippen LogP contribution is 2.27. The molecule has 0 unspecified atom stereocenters. The van der Waals surface area contributed by atoms with E-state index in [0.717, 1.165) is 5.92 Å². The summed E-state index contributed by atoms with van der Waals surface area (Å²) in [6.45, 7) is 2.34. The van der Waals surface area contributed by atoms with Gasteiger partial charge in [-0.25, -0.2) is 0 Å². The van der Waals surface area contributed by atoms with Gasteiger partial charge in [0.25, 0.3) is 0 Å². The van der Waals surface area contributed by atoms with Crippen molar-refractivity contribution < 1.29 is 0 Å². The maximum atomic E-state index is 3.57. The fraction of sp³-hybridized carbons (Fsp3) is 0.500. The minimum atomic E-state index is 0.706. The molecule has 2 atom stereocenters. The summed E-state index contributed by atoms with van der Waals surface area (Å²) in [4.78, 5) is 0. The van der Waals surface area contributed by atoms with Crippen LogP contribution in [0.25, 0.3) is 0 Å². The second-order valence-corrected chi connectivity index (χ2v) is 4.13. The lowest BCUT2D eigenvalue weighted by Crippen LogP contribution is -2.14. The second kappa shape index (κ2) is 3.82. The van der Waals surface area contributed by atoms with Gasteiger partial charge in [0, 0.05) is 11.7 Å². The average Bonchev–Trinajstić information content (AvgIpc) is 2.53. The van der Waals surface area contributed by atoms with Gasteiger partial charge < -0.3 is 5.32 Å². The topological polar surface area (TPSA) is 12.0 Å². The Morgan fingerprint density at radius 1 is 1.15 bits per heavy atom. The van der Waals surface area contributed by atoms with Crippen molar-refractivity contribution in [3.8, 4) is 0 Å². The Hall–Kier alpha value is -0.980. The fourth-order valence-electron chi connectivity index (χ4n) is 2.11. The van der Waals surface area contributed by atoms with Crippen LogP contribution in [0.1, 0.15) is 26.2 Å². The lowest BCUT2D eigenvalue weighted by molar-refractivity contribution is 0.602. The quantitative estimate of drug-likeness (QED) is 0.727. The van der Waals surface area contributed by atoms with Crippen molar-refractivity contribution in [3.05, 3.63) is 30.3 Å². The second-order valence-electron chi connectivity index (χ2n) is 4.13. The van der Waals surface area contributed by atoms with Gasteiger partial charge in [0.1, 0.15) is 0 Å². The highest BCUT2D eigenvalue weighted by molar-refractivity contribution is 5.43. The van der Waals surface area contributed by atoms with E-state index in [2.05, 4.69) is 42.6 Å². The Balaban J connectivity index is 1.92. The molecule has 2 rings (SSSR count). The predicted octanol–water partition coefficient (Wildman–Crippen LogP) is 3.29. The molecule has 1 aromatic carbocycles. The lowest BCUT2D eigenvalue weighted by Gasteiger charge is -2.13. The standard InChI is InChI=1S/C12H17N/c1-10-7-8-12(9-10)13-11-5-3-2-4-6-11/h2-6,10,12-13H,7-9H2,1H3/t10-,12+/m1/s1. The van der Waals surface area contributed by atoms with E-state index in [4.69, 9.17) is 0 Å². The molecule has 0 bridgehead atoms. The first-order valence-electron chi connectivity index (χ1n) is 5.16. The Morgan fingerprint density at radius 2 is 1.92 bits per heavy atom. The summed E-state index contributed by atoms with van der Waals surface area (Å²) in [5.41, 5.74) is 1.27. The van der Waals surface area contributed by atoms with Crippen LogP contribution in [0, 0.1) is 5.92 Å². The number of para-hydroxylation sites is 1. The van der Waals surface area contributed by atoms with Crippen LogP contribution >= 0.6 is 0 Å². The minimum absolute atomic E-state index is 0.706. The van der Waals surface area contributed by atoms with Crippen molar-refractivity contribution in [2.75, 3.05) is 5.32 Å². The van der Waals surface area contributed by atoms with Crippen LogP contribution in [-0.4, -0.2) is 6.04 Å². The van der Waals surface area contributed by atoms with Crippen molar-refractivity contribution in [3.63, 3.8) is 0 Å². The molecule has 1 aromatic rings. The molecule has 0 heterocycles. The monoisotopic (exact) mass is 175 g/mol. The molecule has 0 aromatic heterocycles. The molecule has 1 fully saturated rings. The lowest BCUT2D eigenvalue weighted by atomic mass is 10.1. The summed E-state index contributed by atoms with van der Waals surface area (Å²) in [6.07, 6.45) is 4.04. The molecule has 1 aliphatic rings. The minimum Gasteiger partial charge on any atom is -0.382 e. The molecular formula is C12H17N. The van der Waals surface area contributed by atoms with Gasteiger partial charge in [0.2, 0.25) is 0 Å². The molecule has 13 heavy (non-hydrogen) atoms. The van der Waals surface area contributed by atoms with Gasteiger partial charge in [-0.1, -0.05) is 25.1 Å². The number of benzene rings is 1. The van der Waals surface area contributed by atoms with E-state index in [1.807, 2.05) is 0 Å². The predicted molar refractivity (Wildman–Crippen MR) is 56.9 cm³/mol. The smallest absolute Gasteiger partial charge is 0.0342 e. The molecule has 1 N–H and O–H groups in total. The largest absolute Gasteiger partial charge is 0.382 e. The van der Waals surface area contributed by atoms with Crippen molar-refractivity contribution in [2.45, 2.75) is 32.2 Å². The summed E-state index contributed by atoms with van der Waals surface area (Å²) in [7, 11) is 0. The van der Waals surface area contributed by atoms with Crippen LogP contribution in [0.2, 0.25) is 0 Å². The molecule has 0 saturated heterocycles. The van der Waals surface area contributed by atoms with E-state index in [1.165, 1.54) is 24.9 Å². The van der Waals surface area contributed by atoms with Crippen LogP contribution in [0.3, 0.4) is 0 Å². The first-order valence-corrected chi connectivity index (χ1v) is 5.16. The van der Waals surface area contributed by atoms with E-state index in [9.17, 15) is 0 Å². The Labute approximate surface area is 80.2 Å².